The summed E-state index contributed by atoms with van der Waals surface area (Å²) in [6.07, 6.45) is 4.25. The first-order chi connectivity index (χ1) is 8.22. The molecule has 17 heavy (non-hydrogen) atoms. The standard InChI is InChI=1S/C12H14N2O3/c15-8-9-3-6-14(7-4-9)11-10(12(16)17)2-1-5-13-11/h1-3,5,15H,4,6-8H2,(H,16,17). The van der Waals surface area contributed by atoms with Gasteiger partial charge < -0.3 is 15.1 Å². The second-order valence-corrected chi connectivity index (χ2v) is 3.90. The number of hydrogen-bond acceptors (Lipinski definition) is 4. The highest BCUT2D eigenvalue weighted by Crippen LogP contribution is 2.21. The largest absolute Gasteiger partial charge is 0.478 e. The van der Waals surface area contributed by atoms with Gasteiger partial charge in [-0.15, -0.1) is 0 Å². The molecule has 1 aliphatic heterocycles. The molecule has 1 aliphatic rings. The molecule has 2 N–H and O–H groups in total. The maximum atomic E-state index is 11.1. The Morgan fingerprint density at radius 2 is 2.35 bits per heavy atom. The first-order valence-corrected chi connectivity index (χ1v) is 5.44. The van der Waals surface area contributed by atoms with Gasteiger partial charge in [-0.25, -0.2) is 9.78 Å². The molecule has 0 saturated carbocycles. The average molecular weight is 234 g/mol. The van der Waals surface area contributed by atoms with Crippen molar-refractivity contribution in [1.29, 1.82) is 0 Å². The molecule has 0 amide bonds. The van der Waals surface area contributed by atoms with Crippen LogP contribution in [0.25, 0.3) is 0 Å². The van der Waals surface area contributed by atoms with E-state index in [4.69, 9.17) is 10.2 Å². The number of aromatic carboxylic acids is 1. The number of carboxylic acid groups (broad SMARTS) is 1. The molecule has 0 aliphatic carbocycles. The van der Waals surface area contributed by atoms with Crippen LogP contribution >= 0.6 is 0 Å². The Hall–Kier alpha value is -1.88. The summed E-state index contributed by atoms with van der Waals surface area (Å²) in [6, 6.07) is 3.17. The van der Waals surface area contributed by atoms with E-state index < -0.39 is 5.97 Å². The predicted molar refractivity (Wildman–Crippen MR) is 63.2 cm³/mol. The van der Waals surface area contributed by atoms with E-state index in [2.05, 4.69) is 4.98 Å². The minimum absolute atomic E-state index is 0.0713. The molecule has 0 aromatic carbocycles. The maximum absolute atomic E-state index is 11.1. The minimum atomic E-state index is -0.968. The molecule has 0 bridgehead atoms. The van der Waals surface area contributed by atoms with Crippen molar-refractivity contribution in [2.75, 3.05) is 24.6 Å². The topological polar surface area (TPSA) is 73.7 Å². The molecule has 0 radical (unpaired) electrons. The summed E-state index contributed by atoms with van der Waals surface area (Å²) in [7, 11) is 0. The molecule has 0 fully saturated rings. The Balaban J connectivity index is 2.24. The Morgan fingerprint density at radius 3 is 2.94 bits per heavy atom. The van der Waals surface area contributed by atoms with E-state index in [1.54, 1.807) is 18.3 Å². The Bertz CT molecular complexity index is 457. The summed E-state index contributed by atoms with van der Waals surface area (Å²) in [4.78, 5) is 17.1. The van der Waals surface area contributed by atoms with E-state index in [9.17, 15) is 4.79 Å². The van der Waals surface area contributed by atoms with Crippen molar-refractivity contribution in [3.63, 3.8) is 0 Å². The number of nitrogens with zero attached hydrogens (tertiary/aromatic N) is 2. The minimum Gasteiger partial charge on any atom is -0.478 e. The van der Waals surface area contributed by atoms with Crippen molar-refractivity contribution >= 4 is 11.8 Å². The molecule has 0 unspecified atom stereocenters. The van der Waals surface area contributed by atoms with Crippen LogP contribution in [0.1, 0.15) is 16.8 Å². The number of hydrogen-bond donors (Lipinski definition) is 2. The fourth-order valence-electron chi connectivity index (χ4n) is 1.86. The second kappa shape index (κ2) is 4.97. The van der Waals surface area contributed by atoms with Crippen molar-refractivity contribution in [3.8, 4) is 0 Å². The van der Waals surface area contributed by atoms with Gasteiger partial charge in [0.1, 0.15) is 11.4 Å². The maximum Gasteiger partial charge on any atom is 0.339 e. The Kier molecular flexibility index (Phi) is 3.39. The molecule has 90 valence electrons. The van der Waals surface area contributed by atoms with Crippen LogP contribution < -0.4 is 4.90 Å². The van der Waals surface area contributed by atoms with Gasteiger partial charge in [-0.3, -0.25) is 0 Å². The number of pyridine rings is 1. The van der Waals surface area contributed by atoms with Crippen LogP contribution in [-0.4, -0.2) is 40.9 Å². The third-order valence-electron chi connectivity index (χ3n) is 2.82. The van der Waals surface area contributed by atoms with Crippen LogP contribution in [0.5, 0.6) is 0 Å². The lowest BCUT2D eigenvalue weighted by Gasteiger charge is -2.27. The Labute approximate surface area is 99.0 Å². The molecule has 2 heterocycles. The van der Waals surface area contributed by atoms with Gasteiger partial charge in [0.15, 0.2) is 0 Å². The monoisotopic (exact) mass is 234 g/mol. The SMILES string of the molecule is O=C(O)c1cccnc1N1CC=C(CO)CC1. The molecular weight excluding hydrogens is 220 g/mol. The molecule has 5 heteroatoms. The number of rotatable bonds is 3. The van der Waals surface area contributed by atoms with E-state index in [-0.39, 0.29) is 12.2 Å². The van der Waals surface area contributed by atoms with Crippen molar-refractivity contribution in [2.45, 2.75) is 6.42 Å². The van der Waals surface area contributed by atoms with Gasteiger partial charge >= 0.3 is 5.97 Å². The molecule has 0 spiro atoms. The molecule has 0 atom stereocenters. The van der Waals surface area contributed by atoms with Crippen LogP contribution in [0.15, 0.2) is 30.0 Å². The molecule has 0 saturated heterocycles. The lowest BCUT2D eigenvalue weighted by molar-refractivity contribution is 0.0697. The fourth-order valence-corrected chi connectivity index (χ4v) is 1.86. The summed E-state index contributed by atoms with van der Waals surface area (Å²) in [6.45, 7) is 1.35. The first-order valence-electron chi connectivity index (χ1n) is 5.44. The summed E-state index contributed by atoms with van der Waals surface area (Å²) in [5.41, 5.74) is 1.21. The summed E-state index contributed by atoms with van der Waals surface area (Å²) < 4.78 is 0. The van der Waals surface area contributed by atoms with E-state index in [0.29, 0.717) is 18.9 Å². The Morgan fingerprint density at radius 1 is 1.53 bits per heavy atom. The van der Waals surface area contributed by atoms with E-state index in [1.165, 1.54) is 0 Å². The van der Waals surface area contributed by atoms with Crippen LogP contribution in [0.4, 0.5) is 5.82 Å². The van der Waals surface area contributed by atoms with Crippen LogP contribution in [0.3, 0.4) is 0 Å². The summed E-state index contributed by atoms with van der Waals surface area (Å²) in [5, 5.41) is 18.1. The lowest BCUT2D eigenvalue weighted by Crippen LogP contribution is -2.31. The quantitative estimate of drug-likeness (QED) is 0.760. The van der Waals surface area contributed by atoms with Gasteiger partial charge in [0, 0.05) is 19.3 Å². The third-order valence-corrected chi connectivity index (χ3v) is 2.82. The zero-order chi connectivity index (χ0) is 12.3. The summed E-state index contributed by atoms with van der Waals surface area (Å²) in [5.74, 6) is -0.474. The van der Waals surface area contributed by atoms with Gasteiger partial charge in [0.05, 0.1) is 6.61 Å². The zero-order valence-electron chi connectivity index (χ0n) is 9.33. The molecular formula is C12H14N2O3. The number of aromatic nitrogens is 1. The number of aliphatic hydroxyl groups excluding tert-OH is 1. The second-order valence-electron chi connectivity index (χ2n) is 3.90. The number of anilines is 1. The van der Waals surface area contributed by atoms with Gasteiger partial charge in [-0.05, 0) is 24.1 Å². The number of carboxylic acids is 1. The van der Waals surface area contributed by atoms with Crippen LogP contribution in [-0.2, 0) is 0 Å². The van der Waals surface area contributed by atoms with E-state index in [1.807, 2.05) is 11.0 Å². The van der Waals surface area contributed by atoms with Gasteiger partial charge in [-0.1, -0.05) is 6.08 Å². The smallest absolute Gasteiger partial charge is 0.339 e. The molecule has 1 aromatic heterocycles. The fraction of sp³-hybridized carbons (Fsp3) is 0.333. The van der Waals surface area contributed by atoms with Crippen LogP contribution in [0, 0.1) is 0 Å². The normalized spacial score (nSPS) is 15.6. The highest BCUT2D eigenvalue weighted by Gasteiger charge is 2.18. The van der Waals surface area contributed by atoms with Crippen molar-refractivity contribution in [1.82, 2.24) is 4.98 Å². The highest BCUT2D eigenvalue weighted by molar-refractivity contribution is 5.93. The zero-order valence-corrected chi connectivity index (χ0v) is 9.33. The van der Waals surface area contributed by atoms with Gasteiger partial charge in [0.2, 0.25) is 0 Å². The number of aliphatic hydroxyl groups is 1. The molecule has 5 nitrogen and oxygen atoms in total. The average Bonchev–Trinajstić information content (AvgIpc) is 2.39. The third kappa shape index (κ3) is 2.45. The predicted octanol–water partition coefficient (Wildman–Crippen LogP) is 0.909. The first kappa shape index (κ1) is 11.6. The molecule has 2 rings (SSSR count). The van der Waals surface area contributed by atoms with Crippen LogP contribution in [0.2, 0.25) is 0 Å². The number of carbonyl (C=O) groups is 1. The van der Waals surface area contributed by atoms with Crippen molar-refractivity contribution in [3.05, 3.63) is 35.5 Å². The summed E-state index contributed by atoms with van der Waals surface area (Å²) >= 11 is 0. The van der Waals surface area contributed by atoms with E-state index in [0.717, 1.165) is 12.0 Å². The molecule has 1 aromatic rings. The van der Waals surface area contributed by atoms with Crippen molar-refractivity contribution in [2.24, 2.45) is 0 Å². The van der Waals surface area contributed by atoms with E-state index >= 15 is 0 Å². The lowest BCUT2D eigenvalue weighted by atomic mass is 10.1. The van der Waals surface area contributed by atoms with Crippen molar-refractivity contribution < 1.29 is 15.0 Å². The highest BCUT2D eigenvalue weighted by atomic mass is 16.4. The van der Waals surface area contributed by atoms with Gasteiger partial charge in [0.25, 0.3) is 0 Å². The van der Waals surface area contributed by atoms with Gasteiger partial charge in [-0.2, -0.15) is 0 Å².